The van der Waals surface area contributed by atoms with E-state index in [1.807, 2.05) is 12.1 Å². The molecule has 1 saturated carbocycles. The first kappa shape index (κ1) is 14.0. The predicted octanol–water partition coefficient (Wildman–Crippen LogP) is 4.25. The molecule has 1 fully saturated rings. The van der Waals surface area contributed by atoms with Crippen molar-refractivity contribution in [3.8, 4) is 0 Å². The zero-order valence-electron chi connectivity index (χ0n) is 10.7. The van der Waals surface area contributed by atoms with Crippen LogP contribution in [-0.2, 0) is 6.54 Å². The first-order chi connectivity index (χ1) is 8.50. The first-order valence-electron chi connectivity index (χ1n) is 6.44. The SMILES string of the molecule is CC1(CNCc2cc(Cl)c(N)c(Cl)c2)CCCC1. The number of hydrogen-bond donors (Lipinski definition) is 2. The molecule has 4 heteroatoms. The molecular weight excluding hydrogens is 267 g/mol. The van der Waals surface area contributed by atoms with Crippen LogP contribution in [0.4, 0.5) is 5.69 Å². The Morgan fingerprint density at radius 3 is 2.33 bits per heavy atom. The second kappa shape index (κ2) is 5.68. The molecule has 2 rings (SSSR count). The minimum absolute atomic E-state index is 0.460. The van der Waals surface area contributed by atoms with Crippen molar-refractivity contribution in [1.29, 1.82) is 0 Å². The van der Waals surface area contributed by atoms with Crippen LogP contribution in [0.2, 0.25) is 10.0 Å². The fourth-order valence-electron chi connectivity index (χ4n) is 2.65. The quantitative estimate of drug-likeness (QED) is 0.813. The van der Waals surface area contributed by atoms with Crippen molar-refractivity contribution in [3.05, 3.63) is 27.7 Å². The molecule has 3 N–H and O–H groups in total. The van der Waals surface area contributed by atoms with Gasteiger partial charge < -0.3 is 11.1 Å². The second-order valence-electron chi connectivity index (χ2n) is 5.59. The molecule has 2 nitrogen and oxygen atoms in total. The molecule has 0 atom stereocenters. The highest BCUT2D eigenvalue weighted by atomic mass is 35.5. The van der Waals surface area contributed by atoms with Gasteiger partial charge in [0, 0.05) is 13.1 Å². The van der Waals surface area contributed by atoms with Gasteiger partial charge in [0.15, 0.2) is 0 Å². The Labute approximate surface area is 119 Å². The highest BCUT2D eigenvalue weighted by Crippen LogP contribution is 2.36. The molecule has 0 saturated heterocycles. The molecule has 0 unspecified atom stereocenters. The summed E-state index contributed by atoms with van der Waals surface area (Å²) in [6.45, 7) is 4.19. The van der Waals surface area contributed by atoms with Crippen molar-refractivity contribution in [3.63, 3.8) is 0 Å². The minimum atomic E-state index is 0.460. The molecule has 0 amide bonds. The van der Waals surface area contributed by atoms with Crippen molar-refractivity contribution in [2.24, 2.45) is 5.41 Å². The summed E-state index contributed by atoms with van der Waals surface area (Å²) in [5.41, 5.74) is 7.72. The van der Waals surface area contributed by atoms with Crippen LogP contribution in [0.1, 0.15) is 38.2 Å². The van der Waals surface area contributed by atoms with E-state index in [-0.39, 0.29) is 0 Å². The lowest BCUT2D eigenvalue weighted by Gasteiger charge is -2.23. The molecule has 0 heterocycles. The fourth-order valence-corrected chi connectivity index (χ4v) is 3.19. The summed E-state index contributed by atoms with van der Waals surface area (Å²) in [7, 11) is 0. The Hall–Kier alpha value is -0.440. The van der Waals surface area contributed by atoms with Gasteiger partial charge in [-0.05, 0) is 36.0 Å². The third-order valence-electron chi connectivity index (χ3n) is 3.83. The van der Waals surface area contributed by atoms with Crippen LogP contribution in [0.3, 0.4) is 0 Å². The third kappa shape index (κ3) is 3.31. The number of benzene rings is 1. The Morgan fingerprint density at radius 2 is 1.78 bits per heavy atom. The van der Waals surface area contributed by atoms with E-state index in [4.69, 9.17) is 28.9 Å². The summed E-state index contributed by atoms with van der Waals surface area (Å²) >= 11 is 12.0. The van der Waals surface area contributed by atoms with Gasteiger partial charge in [0.1, 0.15) is 0 Å². The van der Waals surface area contributed by atoms with E-state index in [9.17, 15) is 0 Å². The summed E-state index contributed by atoms with van der Waals surface area (Å²) in [6.07, 6.45) is 5.36. The Morgan fingerprint density at radius 1 is 1.22 bits per heavy atom. The topological polar surface area (TPSA) is 38.0 Å². The predicted molar refractivity (Wildman–Crippen MR) is 79.2 cm³/mol. The first-order valence-corrected chi connectivity index (χ1v) is 7.20. The summed E-state index contributed by atoms with van der Waals surface area (Å²) in [5, 5.41) is 4.57. The Bertz CT molecular complexity index is 403. The summed E-state index contributed by atoms with van der Waals surface area (Å²) < 4.78 is 0. The van der Waals surface area contributed by atoms with Crippen LogP contribution in [0.25, 0.3) is 0 Å². The van der Waals surface area contributed by atoms with E-state index in [1.54, 1.807) is 0 Å². The van der Waals surface area contributed by atoms with Gasteiger partial charge in [-0.2, -0.15) is 0 Å². The van der Waals surface area contributed by atoms with Gasteiger partial charge in [-0.25, -0.2) is 0 Å². The summed E-state index contributed by atoms with van der Waals surface area (Å²) in [5.74, 6) is 0. The van der Waals surface area contributed by atoms with Crippen LogP contribution in [0, 0.1) is 5.41 Å². The Balaban J connectivity index is 1.90. The molecular formula is C14H20Cl2N2. The zero-order chi connectivity index (χ0) is 13.2. The van der Waals surface area contributed by atoms with Crippen LogP contribution in [0.15, 0.2) is 12.1 Å². The molecule has 0 bridgehead atoms. The van der Waals surface area contributed by atoms with E-state index in [2.05, 4.69) is 12.2 Å². The van der Waals surface area contributed by atoms with E-state index < -0.39 is 0 Å². The summed E-state index contributed by atoms with van der Waals surface area (Å²) in [4.78, 5) is 0. The van der Waals surface area contributed by atoms with Gasteiger partial charge in [-0.15, -0.1) is 0 Å². The number of nitrogens with two attached hydrogens (primary N) is 1. The smallest absolute Gasteiger partial charge is 0.0693 e. The average Bonchev–Trinajstić information content (AvgIpc) is 2.73. The molecule has 1 aromatic carbocycles. The highest BCUT2D eigenvalue weighted by molar-refractivity contribution is 6.38. The lowest BCUT2D eigenvalue weighted by atomic mass is 9.89. The van der Waals surface area contributed by atoms with E-state index >= 15 is 0 Å². The van der Waals surface area contributed by atoms with E-state index in [1.165, 1.54) is 25.7 Å². The van der Waals surface area contributed by atoms with Crippen molar-refractivity contribution in [2.45, 2.75) is 39.2 Å². The number of rotatable bonds is 4. The van der Waals surface area contributed by atoms with Crippen molar-refractivity contribution in [2.75, 3.05) is 12.3 Å². The maximum atomic E-state index is 6.02. The molecule has 1 aliphatic rings. The minimum Gasteiger partial charge on any atom is -0.396 e. The number of hydrogen-bond acceptors (Lipinski definition) is 2. The van der Waals surface area contributed by atoms with Crippen molar-refractivity contribution >= 4 is 28.9 Å². The second-order valence-corrected chi connectivity index (χ2v) is 6.41. The molecule has 0 radical (unpaired) electrons. The number of anilines is 1. The van der Waals surface area contributed by atoms with Crippen molar-refractivity contribution < 1.29 is 0 Å². The van der Waals surface area contributed by atoms with E-state index in [0.717, 1.165) is 18.7 Å². The molecule has 0 spiro atoms. The van der Waals surface area contributed by atoms with E-state index in [0.29, 0.717) is 21.1 Å². The zero-order valence-corrected chi connectivity index (χ0v) is 12.2. The third-order valence-corrected chi connectivity index (χ3v) is 4.46. The fraction of sp³-hybridized carbons (Fsp3) is 0.571. The number of halogens is 2. The van der Waals surface area contributed by atoms with Gasteiger partial charge in [0.25, 0.3) is 0 Å². The van der Waals surface area contributed by atoms with Gasteiger partial charge in [-0.1, -0.05) is 43.0 Å². The summed E-state index contributed by atoms with van der Waals surface area (Å²) in [6, 6.07) is 3.76. The lowest BCUT2D eigenvalue weighted by Crippen LogP contribution is -2.29. The molecule has 18 heavy (non-hydrogen) atoms. The van der Waals surface area contributed by atoms with Crippen LogP contribution in [-0.4, -0.2) is 6.54 Å². The molecule has 100 valence electrons. The maximum absolute atomic E-state index is 6.02. The number of nitrogen functional groups attached to an aromatic ring is 1. The van der Waals surface area contributed by atoms with Gasteiger partial charge >= 0.3 is 0 Å². The van der Waals surface area contributed by atoms with Gasteiger partial charge in [-0.3, -0.25) is 0 Å². The molecule has 1 aromatic rings. The largest absolute Gasteiger partial charge is 0.396 e. The van der Waals surface area contributed by atoms with Crippen LogP contribution < -0.4 is 11.1 Å². The highest BCUT2D eigenvalue weighted by Gasteiger charge is 2.27. The normalized spacial score (nSPS) is 18.2. The van der Waals surface area contributed by atoms with Crippen LogP contribution in [0.5, 0.6) is 0 Å². The maximum Gasteiger partial charge on any atom is 0.0693 e. The monoisotopic (exact) mass is 286 g/mol. The van der Waals surface area contributed by atoms with Crippen molar-refractivity contribution in [1.82, 2.24) is 5.32 Å². The molecule has 0 aliphatic heterocycles. The van der Waals surface area contributed by atoms with Gasteiger partial charge in [0.05, 0.1) is 15.7 Å². The van der Waals surface area contributed by atoms with Crippen LogP contribution >= 0.6 is 23.2 Å². The molecule has 1 aliphatic carbocycles. The van der Waals surface area contributed by atoms with Gasteiger partial charge in [0.2, 0.25) is 0 Å². The average molecular weight is 287 g/mol. The lowest BCUT2D eigenvalue weighted by molar-refractivity contribution is 0.314. The standard InChI is InChI=1S/C14H20Cl2N2/c1-14(4-2-3-5-14)9-18-8-10-6-11(15)13(17)12(16)7-10/h6-7,18H,2-5,8-9,17H2,1H3. The Kier molecular flexibility index (Phi) is 4.41. The number of nitrogens with one attached hydrogen (secondary N) is 1. The molecule has 0 aromatic heterocycles.